The van der Waals surface area contributed by atoms with Crippen LogP contribution in [0.25, 0.3) is 11.0 Å². The topological polar surface area (TPSA) is 55.9 Å². The van der Waals surface area contributed by atoms with Crippen LogP contribution in [0.2, 0.25) is 0 Å². The van der Waals surface area contributed by atoms with Gasteiger partial charge in [0, 0.05) is 12.5 Å². The average Bonchev–Trinajstić information content (AvgIpc) is 2.55. The summed E-state index contributed by atoms with van der Waals surface area (Å²) in [5.41, 5.74) is 5.70. The Balaban J connectivity index is 2.69. The molecule has 3 N–H and O–H groups in total. The van der Waals surface area contributed by atoms with E-state index in [2.05, 4.69) is 35.7 Å². The molecule has 4 heteroatoms. The Bertz CT molecular complexity index is 520. The van der Waals surface area contributed by atoms with Crippen LogP contribution < -0.4 is 11.3 Å². The molecule has 0 fully saturated rings. The molecular formula is C12H18N4. The van der Waals surface area contributed by atoms with Crippen LogP contribution in [-0.4, -0.2) is 9.55 Å². The van der Waals surface area contributed by atoms with Crippen molar-refractivity contribution in [1.82, 2.24) is 9.55 Å². The van der Waals surface area contributed by atoms with Crippen LogP contribution in [0.1, 0.15) is 26.6 Å². The molecule has 86 valence electrons. The Morgan fingerprint density at radius 2 is 2.00 bits per heavy atom. The highest BCUT2D eigenvalue weighted by molar-refractivity contribution is 5.80. The van der Waals surface area contributed by atoms with E-state index >= 15 is 0 Å². The first-order chi connectivity index (χ1) is 7.43. The molecule has 0 saturated carbocycles. The molecule has 0 aliphatic rings. The maximum atomic E-state index is 5.40. The van der Waals surface area contributed by atoms with Crippen LogP contribution in [-0.2, 0) is 12.5 Å². The van der Waals surface area contributed by atoms with Gasteiger partial charge in [-0.1, -0.05) is 20.8 Å². The van der Waals surface area contributed by atoms with Crippen LogP contribution in [0.5, 0.6) is 0 Å². The quantitative estimate of drug-likeness (QED) is 0.569. The summed E-state index contributed by atoms with van der Waals surface area (Å²) in [4.78, 5) is 4.65. The lowest BCUT2D eigenvalue weighted by atomic mass is 9.96. The van der Waals surface area contributed by atoms with Gasteiger partial charge in [-0.15, -0.1) is 0 Å². The zero-order valence-electron chi connectivity index (χ0n) is 10.2. The summed E-state index contributed by atoms with van der Waals surface area (Å²) in [5.74, 6) is 6.48. The largest absolute Gasteiger partial charge is 0.331 e. The smallest absolute Gasteiger partial charge is 0.115 e. The van der Waals surface area contributed by atoms with Crippen molar-refractivity contribution in [3.63, 3.8) is 0 Å². The minimum atomic E-state index is 0.0457. The van der Waals surface area contributed by atoms with Gasteiger partial charge in [0.15, 0.2) is 0 Å². The van der Waals surface area contributed by atoms with Crippen LogP contribution >= 0.6 is 0 Å². The summed E-state index contributed by atoms with van der Waals surface area (Å²) in [5, 5.41) is 0. The van der Waals surface area contributed by atoms with E-state index in [0.717, 1.165) is 22.5 Å². The van der Waals surface area contributed by atoms with Crippen molar-refractivity contribution >= 4 is 16.7 Å². The fraction of sp³-hybridized carbons (Fsp3) is 0.417. The zero-order chi connectivity index (χ0) is 11.9. The van der Waals surface area contributed by atoms with Crippen LogP contribution in [0.15, 0.2) is 18.2 Å². The maximum absolute atomic E-state index is 5.40. The minimum absolute atomic E-state index is 0.0457. The third-order valence-corrected chi connectivity index (χ3v) is 2.72. The summed E-state index contributed by atoms with van der Waals surface area (Å²) in [6, 6.07) is 5.93. The predicted molar refractivity (Wildman–Crippen MR) is 67.2 cm³/mol. The van der Waals surface area contributed by atoms with E-state index in [-0.39, 0.29) is 5.41 Å². The second-order valence-corrected chi connectivity index (χ2v) is 5.09. The van der Waals surface area contributed by atoms with Crippen molar-refractivity contribution in [2.75, 3.05) is 5.43 Å². The lowest BCUT2D eigenvalue weighted by Gasteiger charge is -2.17. The number of rotatable bonds is 1. The molecule has 0 atom stereocenters. The van der Waals surface area contributed by atoms with E-state index in [0.29, 0.717) is 0 Å². The summed E-state index contributed by atoms with van der Waals surface area (Å²) < 4.78 is 2.12. The van der Waals surface area contributed by atoms with E-state index in [1.54, 1.807) is 0 Å². The number of benzene rings is 1. The van der Waals surface area contributed by atoms with Gasteiger partial charge in [0.2, 0.25) is 0 Å². The van der Waals surface area contributed by atoms with Gasteiger partial charge in [-0.05, 0) is 18.2 Å². The Morgan fingerprint density at radius 1 is 1.31 bits per heavy atom. The molecule has 1 aromatic heterocycles. The van der Waals surface area contributed by atoms with Gasteiger partial charge in [-0.25, -0.2) is 4.98 Å². The SMILES string of the molecule is Cn1c(C(C)(C)C)nc2ccc(NN)cc21. The number of nitrogen functional groups attached to an aromatic ring is 1. The maximum Gasteiger partial charge on any atom is 0.115 e. The van der Waals surface area contributed by atoms with Gasteiger partial charge in [0.1, 0.15) is 5.82 Å². The minimum Gasteiger partial charge on any atom is -0.331 e. The number of imidazole rings is 1. The first kappa shape index (κ1) is 11.0. The molecule has 2 aromatic rings. The van der Waals surface area contributed by atoms with E-state index in [1.807, 2.05) is 25.2 Å². The fourth-order valence-electron chi connectivity index (χ4n) is 1.95. The molecule has 0 aliphatic carbocycles. The van der Waals surface area contributed by atoms with Crippen LogP contribution in [0.3, 0.4) is 0 Å². The molecule has 0 aliphatic heterocycles. The number of aromatic nitrogens is 2. The van der Waals surface area contributed by atoms with Crippen molar-refractivity contribution < 1.29 is 0 Å². The lowest BCUT2D eigenvalue weighted by Crippen LogP contribution is -2.17. The third-order valence-electron chi connectivity index (χ3n) is 2.72. The lowest BCUT2D eigenvalue weighted by molar-refractivity contribution is 0.527. The molecule has 0 saturated heterocycles. The monoisotopic (exact) mass is 218 g/mol. The number of aryl methyl sites for hydroxylation is 1. The number of hydrogen-bond donors (Lipinski definition) is 2. The number of hydrogen-bond acceptors (Lipinski definition) is 3. The molecule has 2 rings (SSSR count). The molecule has 1 aromatic carbocycles. The van der Waals surface area contributed by atoms with E-state index < -0.39 is 0 Å². The second-order valence-electron chi connectivity index (χ2n) is 5.09. The second kappa shape index (κ2) is 3.49. The summed E-state index contributed by atoms with van der Waals surface area (Å²) >= 11 is 0. The van der Waals surface area contributed by atoms with Gasteiger partial charge < -0.3 is 9.99 Å². The molecule has 0 spiro atoms. The Labute approximate surface area is 95.4 Å². The van der Waals surface area contributed by atoms with Crippen molar-refractivity contribution in [3.8, 4) is 0 Å². The highest BCUT2D eigenvalue weighted by Crippen LogP contribution is 2.26. The fourth-order valence-corrected chi connectivity index (χ4v) is 1.95. The van der Waals surface area contributed by atoms with E-state index in [4.69, 9.17) is 5.84 Å². The predicted octanol–water partition coefficient (Wildman–Crippen LogP) is 2.16. The highest BCUT2D eigenvalue weighted by atomic mass is 15.2. The Hall–Kier alpha value is -1.55. The summed E-state index contributed by atoms with van der Waals surface area (Å²) in [6.45, 7) is 6.49. The van der Waals surface area contributed by atoms with Gasteiger partial charge >= 0.3 is 0 Å². The number of fused-ring (bicyclic) bond motifs is 1. The van der Waals surface area contributed by atoms with Gasteiger partial charge in [0.25, 0.3) is 0 Å². The molecule has 4 nitrogen and oxygen atoms in total. The Kier molecular flexibility index (Phi) is 2.39. The van der Waals surface area contributed by atoms with Crippen LogP contribution in [0.4, 0.5) is 5.69 Å². The number of hydrazine groups is 1. The Morgan fingerprint density at radius 3 is 2.56 bits per heavy atom. The first-order valence-electron chi connectivity index (χ1n) is 5.37. The van der Waals surface area contributed by atoms with Crippen LogP contribution in [0, 0.1) is 0 Å². The molecular weight excluding hydrogens is 200 g/mol. The molecule has 0 amide bonds. The standard InChI is InChI=1S/C12H18N4/c1-12(2,3)11-14-9-6-5-8(15-13)7-10(9)16(11)4/h5-7,15H,13H2,1-4H3. The molecule has 16 heavy (non-hydrogen) atoms. The average molecular weight is 218 g/mol. The van der Waals surface area contributed by atoms with E-state index in [1.165, 1.54) is 0 Å². The molecule has 1 heterocycles. The number of nitrogens with one attached hydrogen (secondary N) is 1. The first-order valence-corrected chi connectivity index (χ1v) is 5.37. The third kappa shape index (κ3) is 1.65. The van der Waals surface area contributed by atoms with Crippen molar-refractivity contribution in [1.29, 1.82) is 0 Å². The number of nitrogens with zero attached hydrogens (tertiary/aromatic N) is 2. The van der Waals surface area contributed by atoms with Gasteiger partial charge in [-0.3, -0.25) is 5.84 Å². The van der Waals surface area contributed by atoms with Crippen molar-refractivity contribution in [2.24, 2.45) is 12.9 Å². The number of anilines is 1. The van der Waals surface area contributed by atoms with Crippen molar-refractivity contribution in [3.05, 3.63) is 24.0 Å². The van der Waals surface area contributed by atoms with Gasteiger partial charge in [0.05, 0.1) is 16.7 Å². The molecule has 0 bridgehead atoms. The summed E-state index contributed by atoms with van der Waals surface area (Å²) in [6.07, 6.45) is 0. The molecule has 0 unspecified atom stereocenters. The summed E-state index contributed by atoms with van der Waals surface area (Å²) in [7, 11) is 2.04. The zero-order valence-corrected chi connectivity index (χ0v) is 10.2. The van der Waals surface area contributed by atoms with Crippen molar-refractivity contribution in [2.45, 2.75) is 26.2 Å². The molecule has 0 radical (unpaired) electrons. The van der Waals surface area contributed by atoms with Gasteiger partial charge in [-0.2, -0.15) is 0 Å². The number of nitrogens with two attached hydrogens (primary N) is 1. The highest BCUT2D eigenvalue weighted by Gasteiger charge is 2.21. The van der Waals surface area contributed by atoms with E-state index in [9.17, 15) is 0 Å². The normalized spacial score (nSPS) is 12.1.